The second-order valence-electron chi connectivity index (χ2n) is 5.21. The average molecular weight is 351 g/mol. The first-order valence-electron chi connectivity index (χ1n) is 7.36. The Morgan fingerprint density at radius 3 is 2.46 bits per heavy atom. The van der Waals surface area contributed by atoms with Crippen LogP contribution in [0, 0.1) is 13.8 Å². The molecule has 128 valence electrons. The van der Waals surface area contributed by atoms with E-state index >= 15 is 0 Å². The average Bonchev–Trinajstić information content (AvgIpc) is 2.84. The summed E-state index contributed by atoms with van der Waals surface area (Å²) in [6, 6.07) is 6.77. The van der Waals surface area contributed by atoms with E-state index < -0.39 is 5.97 Å². The first-order chi connectivity index (χ1) is 11.4. The van der Waals surface area contributed by atoms with E-state index in [4.69, 9.17) is 21.1 Å². The minimum absolute atomic E-state index is 0.158. The van der Waals surface area contributed by atoms with Crippen molar-refractivity contribution in [3.63, 3.8) is 0 Å². The minimum Gasteiger partial charge on any atom is -0.460 e. The van der Waals surface area contributed by atoms with Gasteiger partial charge >= 0.3 is 5.97 Å². The molecular formula is C17H19ClN2O4. The number of aryl methyl sites for hydroxylation is 1. The molecule has 2 aromatic rings. The van der Waals surface area contributed by atoms with Gasteiger partial charge in [-0.1, -0.05) is 11.6 Å². The van der Waals surface area contributed by atoms with Crippen LogP contribution in [-0.4, -0.2) is 37.2 Å². The smallest absolute Gasteiger partial charge is 0.340 e. The molecule has 2 N–H and O–H groups in total. The quantitative estimate of drug-likeness (QED) is 0.618. The molecule has 1 aromatic carbocycles. The van der Waals surface area contributed by atoms with Gasteiger partial charge in [-0.3, -0.25) is 4.79 Å². The summed E-state index contributed by atoms with van der Waals surface area (Å²) < 4.78 is 9.97. The lowest BCUT2D eigenvalue weighted by molar-refractivity contribution is 0.0387. The first kappa shape index (κ1) is 18.0. The molecule has 0 aliphatic heterocycles. The van der Waals surface area contributed by atoms with E-state index in [-0.39, 0.29) is 12.5 Å². The fourth-order valence-electron chi connectivity index (χ4n) is 2.30. The Morgan fingerprint density at radius 2 is 1.83 bits per heavy atom. The zero-order valence-corrected chi connectivity index (χ0v) is 14.5. The molecule has 1 aromatic heterocycles. The minimum atomic E-state index is -0.483. The maximum atomic E-state index is 12.4. The molecule has 0 aliphatic rings. The van der Waals surface area contributed by atoms with E-state index in [2.05, 4.69) is 10.3 Å². The fourth-order valence-corrected chi connectivity index (χ4v) is 2.43. The second kappa shape index (κ2) is 7.99. The number of aromatic nitrogens is 1. The number of ether oxygens (including phenoxy) is 2. The second-order valence-corrected chi connectivity index (χ2v) is 5.65. The molecule has 0 atom stereocenters. The third kappa shape index (κ3) is 4.15. The first-order valence-corrected chi connectivity index (χ1v) is 7.74. The number of methoxy groups -OCH3 is 1. The van der Waals surface area contributed by atoms with E-state index in [1.165, 1.54) is 7.11 Å². The summed E-state index contributed by atoms with van der Waals surface area (Å²) in [5, 5.41) is 3.34. The Labute approximate surface area is 145 Å². The number of hydrogen-bond acceptors (Lipinski definition) is 4. The summed E-state index contributed by atoms with van der Waals surface area (Å²) in [5.74, 6) is -0.822. The van der Waals surface area contributed by atoms with Crippen molar-refractivity contribution in [1.82, 2.24) is 4.98 Å². The highest BCUT2D eigenvalue weighted by atomic mass is 35.5. The molecule has 0 unspecified atom stereocenters. The molecule has 7 heteroatoms. The van der Waals surface area contributed by atoms with Crippen LogP contribution in [-0.2, 0) is 9.47 Å². The van der Waals surface area contributed by atoms with Crippen molar-refractivity contribution in [2.24, 2.45) is 0 Å². The van der Waals surface area contributed by atoms with Crippen LogP contribution in [0.2, 0.25) is 5.02 Å². The van der Waals surface area contributed by atoms with Crippen molar-refractivity contribution in [1.29, 1.82) is 0 Å². The number of esters is 1. The third-order valence-corrected chi connectivity index (χ3v) is 3.74. The predicted octanol–water partition coefficient (Wildman–Crippen LogP) is 3.34. The number of halogens is 1. The third-order valence-electron chi connectivity index (χ3n) is 3.49. The van der Waals surface area contributed by atoms with Crippen LogP contribution in [0.4, 0.5) is 5.69 Å². The number of aromatic amines is 1. The highest BCUT2D eigenvalue weighted by molar-refractivity contribution is 6.30. The molecule has 0 radical (unpaired) electrons. The van der Waals surface area contributed by atoms with Gasteiger partial charge in [-0.2, -0.15) is 0 Å². The van der Waals surface area contributed by atoms with Gasteiger partial charge in [-0.15, -0.1) is 0 Å². The molecule has 2 rings (SSSR count). The van der Waals surface area contributed by atoms with Gasteiger partial charge < -0.3 is 19.8 Å². The van der Waals surface area contributed by atoms with Crippen molar-refractivity contribution in [3.05, 3.63) is 51.8 Å². The van der Waals surface area contributed by atoms with E-state index in [1.807, 2.05) is 0 Å². The number of nitrogens with one attached hydrogen (secondary N) is 2. The van der Waals surface area contributed by atoms with Gasteiger partial charge in [0.2, 0.25) is 0 Å². The standard InChI is InChI=1S/C17H19ClN2O4/c1-10-14(17(22)24-9-8-23-3)11(2)19-15(10)16(21)20-13-6-4-12(18)5-7-13/h4-7,19H,8-9H2,1-3H3,(H,20,21). The van der Waals surface area contributed by atoms with Crippen molar-refractivity contribution < 1.29 is 19.1 Å². The fraction of sp³-hybridized carbons (Fsp3) is 0.294. The SMILES string of the molecule is COCCOC(=O)c1c(C)[nH]c(C(=O)Nc2ccc(Cl)cc2)c1C. The van der Waals surface area contributed by atoms with Crippen LogP contribution in [0.15, 0.2) is 24.3 Å². The Kier molecular flexibility index (Phi) is 6.00. The van der Waals surface area contributed by atoms with Crippen LogP contribution in [0.25, 0.3) is 0 Å². The van der Waals surface area contributed by atoms with Gasteiger partial charge in [0.25, 0.3) is 5.91 Å². The lowest BCUT2D eigenvalue weighted by Crippen LogP contribution is -2.14. The molecule has 0 spiro atoms. The molecule has 6 nitrogen and oxygen atoms in total. The number of H-pyrrole nitrogens is 1. The van der Waals surface area contributed by atoms with E-state index in [0.717, 1.165) is 0 Å². The highest BCUT2D eigenvalue weighted by Gasteiger charge is 2.23. The predicted molar refractivity (Wildman–Crippen MR) is 91.8 cm³/mol. The summed E-state index contributed by atoms with van der Waals surface area (Å²) in [4.78, 5) is 27.5. The zero-order chi connectivity index (χ0) is 17.7. The van der Waals surface area contributed by atoms with E-state index in [1.54, 1.807) is 38.1 Å². The molecule has 0 aliphatic carbocycles. The number of carbonyl (C=O) groups excluding carboxylic acids is 2. The number of carbonyl (C=O) groups is 2. The van der Waals surface area contributed by atoms with Crippen molar-refractivity contribution in [2.45, 2.75) is 13.8 Å². The molecule has 0 saturated heterocycles. The number of anilines is 1. The Bertz CT molecular complexity index is 738. The summed E-state index contributed by atoms with van der Waals surface area (Å²) in [7, 11) is 1.53. The molecule has 0 bridgehead atoms. The number of rotatable bonds is 6. The Hall–Kier alpha value is -2.31. The number of benzene rings is 1. The molecule has 24 heavy (non-hydrogen) atoms. The molecule has 1 amide bonds. The summed E-state index contributed by atoms with van der Waals surface area (Å²) >= 11 is 5.82. The van der Waals surface area contributed by atoms with Gasteiger partial charge in [0.1, 0.15) is 12.3 Å². The number of amides is 1. The van der Waals surface area contributed by atoms with Gasteiger partial charge in [0.15, 0.2) is 0 Å². The largest absolute Gasteiger partial charge is 0.460 e. The van der Waals surface area contributed by atoms with Gasteiger partial charge in [-0.05, 0) is 43.7 Å². The molecule has 0 fully saturated rings. The monoisotopic (exact) mass is 350 g/mol. The van der Waals surface area contributed by atoms with Crippen molar-refractivity contribution in [2.75, 3.05) is 25.6 Å². The zero-order valence-electron chi connectivity index (χ0n) is 13.7. The highest BCUT2D eigenvalue weighted by Crippen LogP contribution is 2.21. The van der Waals surface area contributed by atoms with Crippen molar-refractivity contribution in [3.8, 4) is 0 Å². The lowest BCUT2D eigenvalue weighted by Gasteiger charge is -2.06. The van der Waals surface area contributed by atoms with Crippen LogP contribution in [0.3, 0.4) is 0 Å². The summed E-state index contributed by atoms with van der Waals surface area (Å²) in [5.41, 5.74) is 2.42. The maximum absolute atomic E-state index is 12.4. The van der Waals surface area contributed by atoms with Gasteiger partial charge in [-0.25, -0.2) is 4.79 Å². The number of hydrogen-bond donors (Lipinski definition) is 2. The summed E-state index contributed by atoms with van der Waals surface area (Å²) in [6.07, 6.45) is 0. The molecule has 1 heterocycles. The van der Waals surface area contributed by atoms with E-state index in [9.17, 15) is 9.59 Å². The van der Waals surface area contributed by atoms with Crippen LogP contribution < -0.4 is 5.32 Å². The molecule has 0 saturated carbocycles. The van der Waals surface area contributed by atoms with Crippen LogP contribution in [0.5, 0.6) is 0 Å². The Balaban J connectivity index is 2.16. The topological polar surface area (TPSA) is 80.4 Å². The van der Waals surface area contributed by atoms with Crippen LogP contribution in [0.1, 0.15) is 32.1 Å². The molecular weight excluding hydrogens is 332 g/mol. The van der Waals surface area contributed by atoms with Crippen LogP contribution >= 0.6 is 11.6 Å². The van der Waals surface area contributed by atoms with Crippen molar-refractivity contribution >= 4 is 29.2 Å². The van der Waals surface area contributed by atoms with E-state index in [0.29, 0.717) is 39.8 Å². The maximum Gasteiger partial charge on any atom is 0.340 e. The van der Waals surface area contributed by atoms with Gasteiger partial charge in [0.05, 0.1) is 12.2 Å². The van der Waals surface area contributed by atoms with Gasteiger partial charge in [0, 0.05) is 23.5 Å². The lowest BCUT2D eigenvalue weighted by atomic mass is 10.1. The Morgan fingerprint density at radius 1 is 1.17 bits per heavy atom. The summed E-state index contributed by atoms with van der Waals surface area (Å²) in [6.45, 7) is 3.90. The normalized spacial score (nSPS) is 10.5.